The second kappa shape index (κ2) is 11.7. The number of nitrogens with one attached hydrogen (secondary N) is 2. The third kappa shape index (κ3) is 8.37. The van der Waals surface area contributed by atoms with Gasteiger partial charge in [0, 0.05) is 52.9 Å². The molecule has 0 bridgehead atoms. The van der Waals surface area contributed by atoms with Gasteiger partial charge in [-0.25, -0.2) is 0 Å². The lowest BCUT2D eigenvalue weighted by molar-refractivity contribution is 0.139. The van der Waals surface area contributed by atoms with Crippen LogP contribution in [-0.4, -0.2) is 69.1 Å². The fourth-order valence-corrected chi connectivity index (χ4v) is 3.04. The zero-order chi connectivity index (χ0) is 17.4. The van der Waals surface area contributed by atoms with E-state index in [4.69, 9.17) is 0 Å². The standard InChI is InChI=1S/C19H33N5.HI/c1-16-6-5-7-18(12-16)14-22-19(20-3)21-13-17(2)15-24-10-8-23(4)9-11-24;/h5-7,12,17H,8-11,13-15H2,1-4H3,(H2,20,21,22);1H. The van der Waals surface area contributed by atoms with Crippen molar-refractivity contribution < 1.29 is 0 Å². The average molecular weight is 459 g/mol. The molecule has 0 radical (unpaired) electrons. The Balaban J connectivity index is 0.00000312. The smallest absolute Gasteiger partial charge is 0.191 e. The molecule has 1 aliphatic heterocycles. The summed E-state index contributed by atoms with van der Waals surface area (Å²) in [6.45, 7) is 12.0. The number of aryl methyl sites for hydroxylation is 1. The molecule has 5 nitrogen and oxygen atoms in total. The molecule has 25 heavy (non-hydrogen) atoms. The quantitative estimate of drug-likeness (QED) is 0.389. The van der Waals surface area contributed by atoms with E-state index in [0.29, 0.717) is 5.92 Å². The first-order valence-electron chi connectivity index (χ1n) is 8.98. The summed E-state index contributed by atoms with van der Waals surface area (Å²) in [5.74, 6) is 1.48. The number of benzene rings is 1. The van der Waals surface area contributed by atoms with E-state index >= 15 is 0 Å². The third-order valence-electron chi connectivity index (χ3n) is 4.55. The van der Waals surface area contributed by atoms with Gasteiger partial charge >= 0.3 is 0 Å². The van der Waals surface area contributed by atoms with E-state index in [1.165, 1.54) is 37.3 Å². The molecule has 1 atom stereocenters. The van der Waals surface area contributed by atoms with Crippen molar-refractivity contribution in [1.29, 1.82) is 0 Å². The molecule has 6 heteroatoms. The van der Waals surface area contributed by atoms with E-state index in [1.54, 1.807) is 0 Å². The van der Waals surface area contributed by atoms with E-state index in [9.17, 15) is 0 Å². The molecule has 1 aromatic carbocycles. The fourth-order valence-electron chi connectivity index (χ4n) is 3.04. The van der Waals surface area contributed by atoms with E-state index in [1.807, 2.05) is 7.05 Å². The highest BCUT2D eigenvalue weighted by Crippen LogP contribution is 2.05. The number of aliphatic imine (C=N–C) groups is 1. The second-order valence-electron chi connectivity index (χ2n) is 7.00. The highest BCUT2D eigenvalue weighted by Gasteiger charge is 2.16. The Kier molecular flexibility index (Phi) is 10.4. The molecule has 2 N–H and O–H groups in total. The minimum absolute atomic E-state index is 0. The second-order valence-corrected chi connectivity index (χ2v) is 7.00. The van der Waals surface area contributed by atoms with Crippen LogP contribution in [0.15, 0.2) is 29.3 Å². The van der Waals surface area contributed by atoms with Gasteiger partial charge in [-0.05, 0) is 25.5 Å². The number of piperazine rings is 1. The van der Waals surface area contributed by atoms with E-state index in [0.717, 1.165) is 25.6 Å². The van der Waals surface area contributed by atoms with Crippen molar-refractivity contribution in [2.45, 2.75) is 20.4 Å². The maximum atomic E-state index is 4.33. The van der Waals surface area contributed by atoms with Crippen LogP contribution in [0.25, 0.3) is 0 Å². The van der Waals surface area contributed by atoms with Crippen LogP contribution in [0.3, 0.4) is 0 Å². The van der Waals surface area contributed by atoms with Crippen molar-refractivity contribution in [3.63, 3.8) is 0 Å². The van der Waals surface area contributed by atoms with Crippen LogP contribution in [0.1, 0.15) is 18.1 Å². The van der Waals surface area contributed by atoms with E-state index in [-0.39, 0.29) is 24.0 Å². The third-order valence-corrected chi connectivity index (χ3v) is 4.55. The van der Waals surface area contributed by atoms with Crippen molar-refractivity contribution >= 4 is 29.9 Å². The van der Waals surface area contributed by atoms with Gasteiger partial charge in [0.1, 0.15) is 0 Å². The number of guanidine groups is 1. The Hall–Kier alpha value is -0.860. The van der Waals surface area contributed by atoms with Gasteiger partial charge in [-0.3, -0.25) is 4.99 Å². The summed E-state index contributed by atoms with van der Waals surface area (Å²) in [5.41, 5.74) is 2.57. The molecule has 0 aromatic heterocycles. The van der Waals surface area contributed by atoms with Crippen molar-refractivity contribution in [3.05, 3.63) is 35.4 Å². The molecule has 1 aliphatic rings. The molecule has 0 spiro atoms. The van der Waals surface area contributed by atoms with E-state index < -0.39 is 0 Å². The summed E-state index contributed by atoms with van der Waals surface area (Å²) in [7, 11) is 4.03. The Morgan fingerprint density at radius 1 is 1.20 bits per heavy atom. The number of nitrogens with zero attached hydrogens (tertiary/aromatic N) is 3. The number of hydrogen-bond acceptors (Lipinski definition) is 3. The fraction of sp³-hybridized carbons (Fsp3) is 0.632. The Morgan fingerprint density at radius 2 is 1.92 bits per heavy atom. The van der Waals surface area contributed by atoms with Crippen LogP contribution in [0, 0.1) is 12.8 Å². The van der Waals surface area contributed by atoms with Crippen LogP contribution in [-0.2, 0) is 6.54 Å². The molecule has 1 aromatic rings. The summed E-state index contributed by atoms with van der Waals surface area (Å²) < 4.78 is 0. The Morgan fingerprint density at radius 3 is 2.56 bits per heavy atom. The lowest BCUT2D eigenvalue weighted by Crippen LogP contribution is -2.47. The molecule has 0 amide bonds. The summed E-state index contributed by atoms with van der Waals surface area (Å²) in [6.07, 6.45) is 0. The SMILES string of the molecule is CN=C(NCc1cccc(C)c1)NCC(C)CN1CCN(C)CC1.I. The molecule has 1 saturated heterocycles. The van der Waals surface area contributed by atoms with Gasteiger partial charge in [-0.15, -0.1) is 24.0 Å². The highest BCUT2D eigenvalue weighted by molar-refractivity contribution is 14.0. The molecule has 1 unspecified atom stereocenters. The van der Waals surface area contributed by atoms with Gasteiger partial charge in [-0.1, -0.05) is 36.8 Å². The molecule has 0 saturated carbocycles. The van der Waals surface area contributed by atoms with Crippen LogP contribution in [0.5, 0.6) is 0 Å². The van der Waals surface area contributed by atoms with Gasteiger partial charge in [0.15, 0.2) is 5.96 Å². The zero-order valence-electron chi connectivity index (χ0n) is 16.1. The minimum atomic E-state index is 0. The summed E-state index contributed by atoms with van der Waals surface area (Å²) >= 11 is 0. The summed E-state index contributed by atoms with van der Waals surface area (Å²) in [5, 5.41) is 6.85. The largest absolute Gasteiger partial charge is 0.356 e. The van der Waals surface area contributed by atoms with E-state index in [2.05, 4.69) is 70.6 Å². The van der Waals surface area contributed by atoms with Gasteiger partial charge < -0.3 is 20.4 Å². The van der Waals surface area contributed by atoms with Crippen molar-refractivity contribution in [1.82, 2.24) is 20.4 Å². The first kappa shape index (κ1) is 22.2. The highest BCUT2D eigenvalue weighted by atomic mass is 127. The lowest BCUT2D eigenvalue weighted by Gasteiger charge is -2.34. The summed E-state index contributed by atoms with van der Waals surface area (Å²) in [6, 6.07) is 8.57. The van der Waals surface area contributed by atoms with Gasteiger partial charge in [-0.2, -0.15) is 0 Å². The predicted molar refractivity (Wildman–Crippen MR) is 118 cm³/mol. The molecular weight excluding hydrogens is 425 g/mol. The maximum Gasteiger partial charge on any atom is 0.191 e. The van der Waals surface area contributed by atoms with Crippen LogP contribution in [0.2, 0.25) is 0 Å². The normalized spacial score (nSPS) is 17.7. The molecular formula is C19H34IN5. The molecule has 2 rings (SSSR count). The first-order valence-corrected chi connectivity index (χ1v) is 8.98. The minimum Gasteiger partial charge on any atom is -0.356 e. The van der Waals surface area contributed by atoms with Gasteiger partial charge in [0.25, 0.3) is 0 Å². The zero-order valence-corrected chi connectivity index (χ0v) is 18.4. The molecule has 142 valence electrons. The van der Waals surface area contributed by atoms with Gasteiger partial charge in [0.05, 0.1) is 0 Å². The molecule has 1 fully saturated rings. The van der Waals surface area contributed by atoms with Crippen LogP contribution in [0.4, 0.5) is 0 Å². The molecule has 0 aliphatic carbocycles. The first-order chi connectivity index (χ1) is 11.6. The Labute approximate surface area is 170 Å². The average Bonchev–Trinajstić information content (AvgIpc) is 2.57. The number of halogens is 1. The van der Waals surface area contributed by atoms with Crippen LogP contribution < -0.4 is 10.6 Å². The predicted octanol–water partition coefficient (Wildman–Crippen LogP) is 2.16. The number of hydrogen-bond donors (Lipinski definition) is 2. The Bertz CT molecular complexity index is 526. The maximum absolute atomic E-state index is 4.33. The van der Waals surface area contributed by atoms with Gasteiger partial charge in [0.2, 0.25) is 0 Å². The topological polar surface area (TPSA) is 42.9 Å². The van der Waals surface area contributed by atoms with Crippen molar-refractivity contribution in [2.24, 2.45) is 10.9 Å². The van der Waals surface area contributed by atoms with Crippen molar-refractivity contribution in [2.75, 3.05) is 53.4 Å². The molecule has 1 heterocycles. The van der Waals surface area contributed by atoms with Crippen molar-refractivity contribution in [3.8, 4) is 0 Å². The lowest BCUT2D eigenvalue weighted by atomic mass is 10.1. The number of likely N-dealkylation sites (N-methyl/N-ethyl adjacent to an activating group) is 1. The van der Waals surface area contributed by atoms with Crippen LogP contribution >= 0.6 is 24.0 Å². The number of rotatable bonds is 6. The monoisotopic (exact) mass is 459 g/mol. The summed E-state index contributed by atoms with van der Waals surface area (Å²) in [4.78, 5) is 9.29.